The van der Waals surface area contributed by atoms with Gasteiger partial charge in [-0.25, -0.2) is 0 Å². The Morgan fingerprint density at radius 2 is 2.12 bits per heavy atom. The summed E-state index contributed by atoms with van der Waals surface area (Å²) in [6.45, 7) is 10.3. The van der Waals surface area contributed by atoms with Crippen LogP contribution in [-0.2, 0) is 13.0 Å². The number of aryl methyl sites for hydroxylation is 2. The van der Waals surface area contributed by atoms with E-state index in [4.69, 9.17) is 11.6 Å². The molecular formula is C12H22ClN3. The summed E-state index contributed by atoms with van der Waals surface area (Å²) in [5, 5.41) is 8.71. The van der Waals surface area contributed by atoms with Crippen LogP contribution in [0.25, 0.3) is 0 Å². The molecule has 0 radical (unpaired) electrons. The lowest BCUT2D eigenvalue weighted by atomic mass is 10.1. The zero-order valence-corrected chi connectivity index (χ0v) is 11.4. The molecule has 1 atom stereocenters. The zero-order chi connectivity index (χ0) is 12.1. The van der Waals surface area contributed by atoms with Gasteiger partial charge in [-0.05, 0) is 33.7 Å². The van der Waals surface area contributed by atoms with E-state index >= 15 is 0 Å². The lowest BCUT2D eigenvalue weighted by Crippen LogP contribution is -2.29. The molecule has 0 saturated heterocycles. The van der Waals surface area contributed by atoms with Crippen molar-refractivity contribution in [2.75, 3.05) is 6.54 Å². The summed E-state index contributed by atoms with van der Waals surface area (Å²) in [5.74, 6) is 0. The molecule has 0 aliphatic heterocycles. The highest BCUT2D eigenvalue weighted by Gasteiger charge is 2.14. The average Bonchev–Trinajstić information content (AvgIpc) is 2.54. The maximum atomic E-state index is 6.26. The molecule has 3 nitrogen and oxygen atoms in total. The van der Waals surface area contributed by atoms with Crippen LogP contribution >= 0.6 is 11.6 Å². The predicted octanol–water partition coefficient (Wildman–Crippen LogP) is 2.80. The first-order valence-electron chi connectivity index (χ1n) is 6.05. The normalized spacial score (nSPS) is 13.1. The first-order chi connectivity index (χ1) is 7.60. The molecular weight excluding hydrogens is 222 g/mol. The molecule has 0 fully saturated rings. The van der Waals surface area contributed by atoms with Gasteiger partial charge in [0.2, 0.25) is 0 Å². The highest BCUT2D eigenvalue weighted by molar-refractivity contribution is 6.31. The standard InChI is InChI=1S/C12H22ClN3/c1-5-7-14-9(3)8-11-12(13)10(4)15-16(11)6-2/h9,14H,5-8H2,1-4H3. The van der Waals surface area contributed by atoms with E-state index in [0.29, 0.717) is 6.04 Å². The summed E-state index contributed by atoms with van der Waals surface area (Å²) in [4.78, 5) is 0. The third-order valence-electron chi connectivity index (χ3n) is 2.70. The fourth-order valence-electron chi connectivity index (χ4n) is 1.82. The van der Waals surface area contributed by atoms with E-state index in [1.165, 1.54) is 0 Å². The van der Waals surface area contributed by atoms with E-state index in [2.05, 4.69) is 31.2 Å². The number of hydrogen-bond donors (Lipinski definition) is 1. The molecule has 1 rings (SSSR count). The van der Waals surface area contributed by atoms with Crippen molar-refractivity contribution in [3.63, 3.8) is 0 Å². The van der Waals surface area contributed by atoms with Crippen LogP contribution in [0, 0.1) is 6.92 Å². The van der Waals surface area contributed by atoms with Crippen molar-refractivity contribution in [2.45, 2.75) is 53.1 Å². The minimum atomic E-state index is 0.443. The molecule has 0 bridgehead atoms. The van der Waals surface area contributed by atoms with Crippen molar-refractivity contribution in [3.05, 3.63) is 16.4 Å². The molecule has 1 heterocycles. The van der Waals surface area contributed by atoms with Crippen LogP contribution < -0.4 is 5.32 Å². The Kier molecular flexibility index (Phi) is 5.29. The Labute approximate surface area is 103 Å². The van der Waals surface area contributed by atoms with Gasteiger partial charge in [0.15, 0.2) is 0 Å². The van der Waals surface area contributed by atoms with Gasteiger partial charge in [0.1, 0.15) is 0 Å². The summed E-state index contributed by atoms with van der Waals surface area (Å²) >= 11 is 6.26. The molecule has 16 heavy (non-hydrogen) atoms. The minimum Gasteiger partial charge on any atom is -0.314 e. The number of rotatable bonds is 6. The second kappa shape index (κ2) is 6.26. The van der Waals surface area contributed by atoms with Gasteiger partial charge in [0.05, 0.1) is 16.4 Å². The molecule has 0 spiro atoms. The number of nitrogens with one attached hydrogen (secondary N) is 1. The van der Waals surface area contributed by atoms with Crippen molar-refractivity contribution in [1.82, 2.24) is 15.1 Å². The number of aromatic nitrogens is 2. The Morgan fingerprint density at radius 3 is 2.69 bits per heavy atom. The summed E-state index contributed by atoms with van der Waals surface area (Å²) in [6.07, 6.45) is 2.09. The van der Waals surface area contributed by atoms with Crippen molar-refractivity contribution in [3.8, 4) is 0 Å². The van der Waals surface area contributed by atoms with Crippen molar-refractivity contribution in [1.29, 1.82) is 0 Å². The fourth-order valence-corrected chi connectivity index (χ4v) is 2.03. The second-order valence-corrected chi connectivity index (χ2v) is 4.60. The van der Waals surface area contributed by atoms with Gasteiger partial charge < -0.3 is 5.32 Å². The smallest absolute Gasteiger partial charge is 0.0847 e. The number of nitrogens with zero attached hydrogens (tertiary/aromatic N) is 2. The summed E-state index contributed by atoms with van der Waals surface area (Å²) in [5.41, 5.74) is 2.08. The van der Waals surface area contributed by atoms with Gasteiger partial charge in [0.25, 0.3) is 0 Å². The van der Waals surface area contributed by atoms with Crippen LogP contribution in [0.4, 0.5) is 0 Å². The maximum Gasteiger partial charge on any atom is 0.0847 e. The minimum absolute atomic E-state index is 0.443. The van der Waals surface area contributed by atoms with Gasteiger partial charge >= 0.3 is 0 Å². The Hall–Kier alpha value is -0.540. The van der Waals surface area contributed by atoms with Gasteiger partial charge in [-0.2, -0.15) is 5.10 Å². The third kappa shape index (κ3) is 3.22. The summed E-state index contributed by atoms with van der Waals surface area (Å²) in [6, 6.07) is 0.443. The topological polar surface area (TPSA) is 29.9 Å². The van der Waals surface area contributed by atoms with Crippen molar-refractivity contribution >= 4 is 11.6 Å². The Morgan fingerprint density at radius 1 is 1.44 bits per heavy atom. The van der Waals surface area contributed by atoms with E-state index in [-0.39, 0.29) is 0 Å². The van der Waals surface area contributed by atoms with E-state index in [1.54, 1.807) is 0 Å². The van der Waals surface area contributed by atoms with Crippen LogP contribution in [0.2, 0.25) is 5.02 Å². The highest BCUT2D eigenvalue weighted by Crippen LogP contribution is 2.21. The first-order valence-corrected chi connectivity index (χ1v) is 6.43. The molecule has 1 unspecified atom stereocenters. The highest BCUT2D eigenvalue weighted by atomic mass is 35.5. The maximum absolute atomic E-state index is 6.26. The molecule has 92 valence electrons. The first kappa shape index (κ1) is 13.5. The molecule has 0 aromatic carbocycles. The van der Waals surface area contributed by atoms with E-state index < -0.39 is 0 Å². The molecule has 1 aromatic heterocycles. The quantitative estimate of drug-likeness (QED) is 0.833. The molecule has 1 aromatic rings. The van der Waals surface area contributed by atoms with Crippen LogP contribution in [-0.4, -0.2) is 22.4 Å². The molecule has 4 heteroatoms. The molecule has 0 saturated carbocycles. The van der Waals surface area contributed by atoms with Gasteiger partial charge in [-0.15, -0.1) is 0 Å². The third-order valence-corrected chi connectivity index (χ3v) is 3.19. The largest absolute Gasteiger partial charge is 0.314 e. The SMILES string of the molecule is CCCNC(C)Cc1c(Cl)c(C)nn1CC. The van der Waals surface area contributed by atoms with Crippen molar-refractivity contribution < 1.29 is 0 Å². The summed E-state index contributed by atoms with van der Waals surface area (Å²) < 4.78 is 2.00. The monoisotopic (exact) mass is 243 g/mol. The zero-order valence-electron chi connectivity index (χ0n) is 10.7. The fraction of sp³-hybridized carbons (Fsp3) is 0.750. The van der Waals surface area contributed by atoms with Crippen LogP contribution in [0.1, 0.15) is 38.6 Å². The number of halogens is 1. The van der Waals surface area contributed by atoms with Gasteiger partial charge in [-0.3, -0.25) is 4.68 Å². The lowest BCUT2D eigenvalue weighted by molar-refractivity contribution is 0.515. The van der Waals surface area contributed by atoms with E-state index in [9.17, 15) is 0 Å². The van der Waals surface area contributed by atoms with Crippen LogP contribution in [0.3, 0.4) is 0 Å². The van der Waals surface area contributed by atoms with Crippen LogP contribution in [0.5, 0.6) is 0 Å². The lowest BCUT2D eigenvalue weighted by Gasteiger charge is -2.14. The van der Waals surface area contributed by atoms with Gasteiger partial charge in [-0.1, -0.05) is 18.5 Å². The van der Waals surface area contributed by atoms with Crippen LogP contribution in [0.15, 0.2) is 0 Å². The van der Waals surface area contributed by atoms with E-state index in [1.807, 2.05) is 11.6 Å². The van der Waals surface area contributed by atoms with Gasteiger partial charge in [0, 0.05) is 19.0 Å². The predicted molar refractivity (Wildman–Crippen MR) is 69.1 cm³/mol. The Balaban J connectivity index is 2.71. The second-order valence-electron chi connectivity index (χ2n) is 4.22. The Bertz CT molecular complexity index is 333. The average molecular weight is 244 g/mol. The molecule has 0 aliphatic carbocycles. The number of hydrogen-bond acceptors (Lipinski definition) is 2. The molecule has 0 aliphatic rings. The summed E-state index contributed by atoms with van der Waals surface area (Å²) in [7, 11) is 0. The van der Waals surface area contributed by atoms with E-state index in [0.717, 1.165) is 42.3 Å². The van der Waals surface area contributed by atoms with Crippen molar-refractivity contribution in [2.24, 2.45) is 0 Å². The molecule has 1 N–H and O–H groups in total. The molecule has 0 amide bonds.